The van der Waals surface area contributed by atoms with E-state index in [2.05, 4.69) is 5.32 Å². The fraction of sp³-hybridized carbons (Fsp3) is 0.318. The molecule has 1 atom stereocenters. The van der Waals surface area contributed by atoms with Crippen LogP contribution < -0.4 is 5.32 Å². The smallest absolute Gasteiger partial charge is 0.325 e. The van der Waals surface area contributed by atoms with Gasteiger partial charge in [-0.05, 0) is 37.5 Å². The van der Waals surface area contributed by atoms with Gasteiger partial charge in [0.2, 0.25) is 5.91 Å². The maximum absolute atomic E-state index is 13.4. The molecular formula is C22H21ClFN3O3. The predicted molar refractivity (Wildman–Crippen MR) is 109 cm³/mol. The van der Waals surface area contributed by atoms with Crippen LogP contribution in [-0.2, 0) is 21.7 Å². The van der Waals surface area contributed by atoms with E-state index in [0.717, 1.165) is 29.4 Å². The molecule has 0 spiro atoms. The summed E-state index contributed by atoms with van der Waals surface area (Å²) in [7, 11) is 0. The van der Waals surface area contributed by atoms with E-state index in [-0.39, 0.29) is 29.1 Å². The molecule has 1 aliphatic heterocycles. The van der Waals surface area contributed by atoms with Crippen LogP contribution in [0.4, 0.5) is 9.18 Å². The highest BCUT2D eigenvalue weighted by Gasteiger charge is 2.51. The Labute approximate surface area is 178 Å². The summed E-state index contributed by atoms with van der Waals surface area (Å²) in [5, 5.41) is 2.64. The van der Waals surface area contributed by atoms with Crippen molar-refractivity contribution in [2.45, 2.75) is 37.9 Å². The first kappa shape index (κ1) is 20.3. The van der Waals surface area contributed by atoms with Gasteiger partial charge in [0.15, 0.2) is 0 Å². The van der Waals surface area contributed by atoms with Gasteiger partial charge in [0.1, 0.15) is 17.9 Å². The van der Waals surface area contributed by atoms with E-state index in [1.54, 1.807) is 4.90 Å². The number of carbonyl (C=O) groups excluding carboxylic acids is 3. The summed E-state index contributed by atoms with van der Waals surface area (Å²) >= 11 is 6.12. The van der Waals surface area contributed by atoms with Crippen molar-refractivity contribution in [1.82, 2.24) is 15.1 Å². The maximum atomic E-state index is 13.4. The van der Waals surface area contributed by atoms with Gasteiger partial charge in [-0.3, -0.25) is 14.5 Å². The molecule has 2 aromatic carbocycles. The highest BCUT2D eigenvalue weighted by molar-refractivity contribution is 6.32. The molecule has 2 aromatic rings. The summed E-state index contributed by atoms with van der Waals surface area (Å²) in [4.78, 5) is 41.3. The first-order valence-electron chi connectivity index (χ1n) is 9.72. The average molecular weight is 430 g/mol. The molecule has 1 heterocycles. The second-order valence-corrected chi connectivity index (χ2v) is 8.22. The third kappa shape index (κ3) is 3.77. The van der Waals surface area contributed by atoms with Crippen molar-refractivity contribution in [3.63, 3.8) is 0 Å². The van der Waals surface area contributed by atoms with E-state index in [4.69, 9.17) is 11.6 Å². The Morgan fingerprint density at radius 3 is 2.57 bits per heavy atom. The van der Waals surface area contributed by atoms with Gasteiger partial charge in [0.05, 0.1) is 0 Å². The highest BCUT2D eigenvalue weighted by Crippen LogP contribution is 2.34. The molecule has 6 nitrogen and oxygen atoms in total. The van der Waals surface area contributed by atoms with Crippen molar-refractivity contribution < 1.29 is 18.8 Å². The van der Waals surface area contributed by atoms with E-state index in [9.17, 15) is 18.8 Å². The second-order valence-electron chi connectivity index (χ2n) is 7.81. The lowest BCUT2D eigenvalue weighted by Gasteiger charge is -2.26. The van der Waals surface area contributed by atoms with Gasteiger partial charge in [-0.1, -0.05) is 48.0 Å². The SMILES string of the molecule is CC1(c2ccc(F)cc2Cl)NC(=O)N(CC(=O)N(Cc2ccccc2)C2CC2)C1=O. The Morgan fingerprint density at radius 2 is 1.93 bits per heavy atom. The first-order chi connectivity index (χ1) is 14.3. The Kier molecular flexibility index (Phi) is 5.24. The van der Waals surface area contributed by atoms with Crippen molar-refractivity contribution in [3.8, 4) is 0 Å². The van der Waals surface area contributed by atoms with Gasteiger partial charge in [0, 0.05) is 23.2 Å². The maximum Gasteiger partial charge on any atom is 0.325 e. The van der Waals surface area contributed by atoms with Crippen LogP contribution in [0.25, 0.3) is 0 Å². The Morgan fingerprint density at radius 1 is 1.23 bits per heavy atom. The summed E-state index contributed by atoms with van der Waals surface area (Å²) in [5.74, 6) is -1.43. The molecule has 0 radical (unpaired) electrons. The molecule has 0 bridgehead atoms. The van der Waals surface area contributed by atoms with Crippen LogP contribution in [0.15, 0.2) is 48.5 Å². The predicted octanol–water partition coefficient (Wildman–Crippen LogP) is 3.44. The van der Waals surface area contributed by atoms with Crippen molar-refractivity contribution in [2.75, 3.05) is 6.54 Å². The fourth-order valence-electron chi connectivity index (χ4n) is 3.73. The first-order valence-corrected chi connectivity index (χ1v) is 10.1. The van der Waals surface area contributed by atoms with E-state index in [0.29, 0.717) is 6.54 Å². The van der Waals surface area contributed by atoms with Gasteiger partial charge in [-0.15, -0.1) is 0 Å². The summed E-state index contributed by atoms with van der Waals surface area (Å²) in [5.41, 5.74) is -0.202. The lowest BCUT2D eigenvalue weighted by molar-refractivity contribution is -0.139. The standard InChI is InChI=1S/C22H21ClFN3O3/c1-22(17-10-7-15(24)11-18(17)23)20(29)27(21(30)25-22)13-19(28)26(16-8-9-16)12-14-5-3-2-4-6-14/h2-7,10-11,16H,8-9,12-13H2,1H3,(H,25,30). The normalized spacial score (nSPS) is 21.0. The summed E-state index contributed by atoms with van der Waals surface area (Å²) < 4.78 is 13.4. The van der Waals surface area contributed by atoms with Crippen molar-refractivity contribution in [1.29, 1.82) is 0 Å². The number of nitrogens with one attached hydrogen (secondary N) is 1. The molecule has 1 aliphatic carbocycles. The van der Waals surface area contributed by atoms with E-state index >= 15 is 0 Å². The Bertz CT molecular complexity index is 1010. The quantitative estimate of drug-likeness (QED) is 0.715. The molecule has 0 aromatic heterocycles. The molecule has 156 valence electrons. The second kappa shape index (κ2) is 7.72. The lowest BCUT2D eigenvalue weighted by atomic mass is 9.92. The number of hydrogen-bond acceptors (Lipinski definition) is 3. The molecule has 2 aliphatic rings. The van der Waals surface area contributed by atoms with Crippen LogP contribution in [0, 0.1) is 5.82 Å². The topological polar surface area (TPSA) is 69.7 Å². The molecule has 30 heavy (non-hydrogen) atoms. The third-order valence-corrected chi connectivity index (χ3v) is 5.85. The zero-order valence-corrected chi connectivity index (χ0v) is 17.2. The fourth-order valence-corrected chi connectivity index (χ4v) is 4.09. The van der Waals surface area contributed by atoms with E-state index in [1.807, 2.05) is 30.3 Å². The van der Waals surface area contributed by atoms with Crippen molar-refractivity contribution >= 4 is 29.4 Å². The lowest BCUT2D eigenvalue weighted by Crippen LogP contribution is -2.45. The molecule has 4 rings (SSSR count). The Hall–Kier alpha value is -2.93. The number of hydrogen-bond donors (Lipinski definition) is 1. The third-order valence-electron chi connectivity index (χ3n) is 5.54. The van der Waals surface area contributed by atoms with Crippen molar-refractivity contribution in [3.05, 3.63) is 70.5 Å². The van der Waals surface area contributed by atoms with Crippen LogP contribution in [0.1, 0.15) is 30.9 Å². The van der Waals surface area contributed by atoms with Gasteiger partial charge in [0.25, 0.3) is 5.91 Å². The number of urea groups is 1. The van der Waals surface area contributed by atoms with Crippen LogP contribution >= 0.6 is 11.6 Å². The minimum atomic E-state index is -1.47. The number of halogens is 2. The molecule has 2 fully saturated rings. The monoisotopic (exact) mass is 429 g/mol. The number of carbonyl (C=O) groups is 3. The number of benzene rings is 2. The van der Waals surface area contributed by atoms with Crippen LogP contribution in [0.3, 0.4) is 0 Å². The number of rotatable bonds is 6. The molecule has 4 amide bonds. The van der Waals surface area contributed by atoms with Crippen LogP contribution in [-0.4, -0.2) is 40.2 Å². The summed E-state index contributed by atoms with van der Waals surface area (Å²) in [6.45, 7) is 1.57. The van der Waals surface area contributed by atoms with E-state index < -0.39 is 23.3 Å². The minimum absolute atomic E-state index is 0.0306. The zero-order chi connectivity index (χ0) is 21.5. The van der Waals surface area contributed by atoms with Gasteiger partial charge >= 0.3 is 6.03 Å². The largest absolute Gasteiger partial charge is 0.334 e. The van der Waals surface area contributed by atoms with Crippen LogP contribution in [0.2, 0.25) is 5.02 Å². The highest BCUT2D eigenvalue weighted by atomic mass is 35.5. The minimum Gasteiger partial charge on any atom is -0.334 e. The molecule has 8 heteroatoms. The number of imide groups is 1. The molecule has 1 unspecified atom stereocenters. The Balaban J connectivity index is 1.53. The molecule has 1 saturated carbocycles. The number of nitrogens with zero attached hydrogens (tertiary/aromatic N) is 2. The summed E-state index contributed by atoms with van der Waals surface area (Å²) in [6.07, 6.45) is 1.81. The summed E-state index contributed by atoms with van der Waals surface area (Å²) in [6, 6.07) is 12.7. The number of amides is 4. The molecule has 1 N–H and O–H groups in total. The van der Waals surface area contributed by atoms with Crippen LogP contribution in [0.5, 0.6) is 0 Å². The average Bonchev–Trinajstić information content (AvgIpc) is 3.52. The van der Waals surface area contributed by atoms with Gasteiger partial charge < -0.3 is 10.2 Å². The van der Waals surface area contributed by atoms with Gasteiger partial charge in [-0.2, -0.15) is 0 Å². The zero-order valence-electron chi connectivity index (χ0n) is 16.4. The van der Waals surface area contributed by atoms with Gasteiger partial charge in [-0.25, -0.2) is 9.18 Å². The van der Waals surface area contributed by atoms with E-state index in [1.165, 1.54) is 19.1 Å². The molecule has 1 saturated heterocycles. The van der Waals surface area contributed by atoms with Crippen molar-refractivity contribution in [2.24, 2.45) is 0 Å². The molecular weight excluding hydrogens is 409 g/mol.